The first-order valence-corrected chi connectivity index (χ1v) is 10.1. The van der Waals surface area contributed by atoms with Crippen LogP contribution < -0.4 is 9.62 Å². The van der Waals surface area contributed by atoms with Gasteiger partial charge < -0.3 is 4.90 Å². The number of hydrogen-bond donors (Lipinski definition) is 1. The number of anilines is 1. The zero-order chi connectivity index (χ0) is 16.3. The minimum absolute atomic E-state index is 0.361. The fourth-order valence-electron chi connectivity index (χ4n) is 3.55. The summed E-state index contributed by atoms with van der Waals surface area (Å²) in [5.41, 5.74) is 2.22. The monoisotopic (exact) mass is 337 g/mol. The third-order valence-electron chi connectivity index (χ3n) is 4.84. The van der Waals surface area contributed by atoms with Crippen molar-refractivity contribution in [2.24, 2.45) is 5.92 Å². The van der Waals surface area contributed by atoms with E-state index in [9.17, 15) is 8.42 Å². The van der Waals surface area contributed by atoms with Gasteiger partial charge in [0.2, 0.25) is 0 Å². The maximum atomic E-state index is 12.5. The highest BCUT2D eigenvalue weighted by Gasteiger charge is 2.27. The van der Waals surface area contributed by atoms with Gasteiger partial charge in [0, 0.05) is 38.4 Å². The molecule has 0 radical (unpaired) electrons. The number of nitrogens with zero attached hydrogens (tertiary/aromatic N) is 2. The van der Waals surface area contributed by atoms with Gasteiger partial charge in [0.1, 0.15) is 0 Å². The molecule has 1 aromatic rings. The van der Waals surface area contributed by atoms with Crippen LogP contribution >= 0.6 is 0 Å². The zero-order valence-corrected chi connectivity index (χ0v) is 14.7. The third-order valence-corrected chi connectivity index (χ3v) is 6.36. The minimum Gasteiger partial charge on any atom is -0.371 e. The summed E-state index contributed by atoms with van der Waals surface area (Å²) in [4.78, 5) is 2.35. The first kappa shape index (κ1) is 16.7. The van der Waals surface area contributed by atoms with Crippen molar-refractivity contribution in [3.63, 3.8) is 0 Å². The lowest BCUT2D eigenvalue weighted by Crippen LogP contribution is -2.45. The summed E-state index contributed by atoms with van der Waals surface area (Å²) in [5.74, 6) is 0.442. The van der Waals surface area contributed by atoms with Crippen molar-refractivity contribution in [1.82, 2.24) is 9.03 Å². The molecule has 128 valence electrons. The van der Waals surface area contributed by atoms with Crippen LogP contribution in [0.5, 0.6) is 0 Å². The molecule has 0 bridgehead atoms. The molecule has 0 amide bonds. The fourth-order valence-corrected chi connectivity index (χ4v) is 4.89. The van der Waals surface area contributed by atoms with E-state index >= 15 is 0 Å². The molecule has 3 rings (SSSR count). The molecule has 1 aromatic carbocycles. The van der Waals surface area contributed by atoms with Crippen molar-refractivity contribution in [2.75, 3.05) is 31.1 Å². The maximum absolute atomic E-state index is 12.5. The molecule has 2 saturated heterocycles. The van der Waals surface area contributed by atoms with E-state index in [4.69, 9.17) is 0 Å². The predicted molar refractivity (Wildman–Crippen MR) is 93.6 cm³/mol. The van der Waals surface area contributed by atoms with Gasteiger partial charge in [-0.25, -0.2) is 0 Å². The Balaban J connectivity index is 1.68. The second-order valence-electron chi connectivity index (χ2n) is 6.75. The Kier molecular flexibility index (Phi) is 5.24. The summed E-state index contributed by atoms with van der Waals surface area (Å²) in [7, 11) is -3.39. The lowest BCUT2D eigenvalue weighted by molar-refractivity contribution is 0.278. The number of nitrogens with one attached hydrogen (secondary N) is 1. The topological polar surface area (TPSA) is 52.7 Å². The van der Waals surface area contributed by atoms with E-state index in [1.54, 1.807) is 4.31 Å². The van der Waals surface area contributed by atoms with Gasteiger partial charge in [-0.1, -0.05) is 25.1 Å². The molecule has 2 aliphatic heterocycles. The van der Waals surface area contributed by atoms with Crippen LogP contribution in [0, 0.1) is 5.92 Å². The van der Waals surface area contributed by atoms with Gasteiger partial charge in [0.05, 0.1) is 0 Å². The van der Waals surface area contributed by atoms with Gasteiger partial charge in [-0.15, -0.1) is 0 Å². The smallest absolute Gasteiger partial charge is 0.279 e. The van der Waals surface area contributed by atoms with Gasteiger partial charge in [-0.05, 0) is 43.2 Å². The molecule has 6 heteroatoms. The fraction of sp³-hybridized carbons (Fsp3) is 0.647. The van der Waals surface area contributed by atoms with Gasteiger partial charge in [0.15, 0.2) is 0 Å². The van der Waals surface area contributed by atoms with Crippen molar-refractivity contribution in [3.05, 3.63) is 29.8 Å². The maximum Gasteiger partial charge on any atom is 0.279 e. The quantitative estimate of drug-likeness (QED) is 0.897. The van der Waals surface area contributed by atoms with E-state index < -0.39 is 10.2 Å². The average Bonchev–Trinajstić information content (AvgIpc) is 3.08. The molecule has 0 aliphatic carbocycles. The Bertz CT molecular complexity index is 626. The molecular weight excluding hydrogens is 310 g/mol. The molecule has 2 fully saturated rings. The van der Waals surface area contributed by atoms with Gasteiger partial charge >= 0.3 is 0 Å². The minimum atomic E-state index is -3.39. The molecule has 1 N–H and O–H groups in total. The SMILES string of the molecule is C[C@H]1CCCN(S(=O)(=O)NCc2ccccc2N2CCCC2)C1. The molecule has 0 saturated carbocycles. The molecular formula is C17H27N3O2S. The summed E-state index contributed by atoms with van der Waals surface area (Å²) < 4.78 is 29.5. The van der Waals surface area contributed by atoms with Crippen molar-refractivity contribution in [2.45, 2.75) is 39.2 Å². The van der Waals surface area contributed by atoms with Crippen LogP contribution in [-0.2, 0) is 16.8 Å². The van der Waals surface area contributed by atoms with Crippen LogP contribution in [0.2, 0.25) is 0 Å². The van der Waals surface area contributed by atoms with Crippen LogP contribution in [0.4, 0.5) is 5.69 Å². The summed E-state index contributed by atoms with van der Waals surface area (Å²) in [6, 6.07) is 8.12. The van der Waals surface area contributed by atoms with E-state index in [1.807, 2.05) is 18.2 Å². The number of para-hydroxylation sites is 1. The Hall–Kier alpha value is -1.11. The van der Waals surface area contributed by atoms with E-state index in [2.05, 4.69) is 22.6 Å². The normalized spacial score (nSPS) is 23.3. The molecule has 2 aliphatic rings. The first-order chi connectivity index (χ1) is 11.1. The van der Waals surface area contributed by atoms with E-state index in [-0.39, 0.29) is 0 Å². The Morgan fingerprint density at radius 2 is 1.87 bits per heavy atom. The van der Waals surface area contributed by atoms with Crippen molar-refractivity contribution in [3.8, 4) is 0 Å². The van der Waals surface area contributed by atoms with Crippen LogP contribution in [0.25, 0.3) is 0 Å². The van der Waals surface area contributed by atoms with Gasteiger partial charge in [-0.2, -0.15) is 17.4 Å². The van der Waals surface area contributed by atoms with Crippen LogP contribution in [-0.4, -0.2) is 38.9 Å². The second kappa shape index (κ2) is 7.20. The highest BCUT2D eigenvalue weighted by atomic mass is 32.2. The number of hydrogen-bond acceptors (Lipinski definition) is 3. The summed E-state index contributed by atoms with van der Waals surface area (Å²) in [5, 5.41) is 0. The summed E-state index contributed by atoms with van der Waals surface area (Å²) in [6.07, 6.45) is 4.49. The molecule has 2 heterocycles. The van der Waals surface area contributed by atoms with E-state index in [0.29, 0.717) is 25.6 Å². The number of rotatable bonds is 5. The lowest BCUT2D eigenvalue weighted by atomic mass is 10.0. The van der Waals surface area contributed by atoms with Crippen molar-refractivity contribution < 1.29 is 8.42 Å². The molecule has 0 unspecified atom stereocenters. The number of benzene rings is 1. The lowest BCUT2D eigenvalue weighted by Gasteiger charge is -2.30. The first-order valence-electron chi connectivity index (χ1n) is 8.64. The zero-order valence-electron chi connectivity index (χ0n) is 13.9. The average molecular weight is 337 g/mol. The number of piperidine rings is 1. The highest BCUT2D eigenvalue weighted by Crippen LogP contribution is 2.25. The van der Waals surface area contributed by atoms with Crippen molar-refractivity contribution >= 4 is 15.9 Å². The van der Waals surface area contributed by atoms with Crippen LogP contribution in [0.3, 0.4) is 0 Å². The standard InChI is InChI=1S/C17H27N3O2S/c1-15-7-6-12-20(14-15)23(21,22)18-13-16-8-2-3-9-17(16)19-10-4-5-11-19/h2-3,8-9,15,18H,4-7,10-14H2,1H3/t15-/m0/s1. The predicted octanol–water partition coefficient (Wildman–Crippen LogP) is 2.35. The summed E-state index contributed by atoms with van der Waals surface area (Å²) >= 11 is 0. The molecule has 5 nitrogen and oxygen atoms in total. The van der Waals surface area contributed by atoms with Crippen molar-refractivity contribution in [1.29, 1.82) is 0 Å². The summed E-state index contributed by atoms with van der Waals surface area (Å²) in [6.45, 7) is 5.86. The third kappa shape index (κ3) is 4.05. The van der Waals surface area contributed by atoms with Gasteiger partial charge in [0.25, 0.3) is 10.2 Å². The van der Waals surface area contributed by atoms with Gasteiger partial charge in [-0.3, -0.25) is 0 Å². The molecule has 1 atom stereocenters. The molecule has 0 aromatic heterocycles. The highest BCUT2D eigenvalue weighted by molar-refractivity contribution is 7.87. The Morgan fingerprint density at radius 3 is 2.61 bits per heavy atom. The Labute approximate surface area is 139 Å². The second-order valence-corrected chi connectivity index (χ2v) is 8.51. The van der Waals surface area contributed by atoms with E-state index in [1.165, 1.54) is 18.5 Å². The van der Waals surface area contributed by atoms with Crippen LogP contribution in [0.15, 0.2) is 24.3 Å². The Morgan fingerprint density at radius 1 is 1.13 bits per heavy atom. The molecule has 23 heavy (non-hydrogen) atoms. The largest absolute Gasteiger partial charge is 0.371 e. The van der Waals surface area contributed by atoms with E-state index in [0.717, 1.165) is 31.5 Å². The van der Waals surface area contributed by atoms with Crippen LogP contribution in [0.1, 0.15) is 38.2 Å². The molecule has 0 spiro atoms.